The molecule has 3 N–H and O–H groups in total. The Labute approximate surface area is 166 Å². The van der Waals surface area contributed by atoms with Crippen molar-refractivity contribution in [2.75, 3.05) is 6.54 Å². The molecule has 0 unspecified atom stereocenters. The van der Waals surface area contributed by atoms with Crippen LogP contribution in [0.25, 0.3) is 0 Å². The van der Waals surface area contributed by atoms with Crippen LogP contribution in [0.3, 0.4) is 0 Å². The highest BCUT2D eigenvalue weighted by molar-refractivity contribution is 8.67. The molecule has 26 heavy (non-hydrogen) atoms. The Bertz CT molecular complexity index is 781. The molecule has 0 amide bonds. The Hall–Kier alpha value is -0.210. The summed E-state index contributed by atoms with van der Waals surface area (Å²) in [6.45, 7) is 9.85. The molecule has 0 fully saturated rings. The number of hydrogen-bond donors (Lipinski definition) is 3. The van der Waals surface area contributed by atoms with E-state index < -0.39 is 20.5 Å². The first-order valence-electron chi connectivity index (χ1n) is 8.12. The second-order valence-electron chi connectivity index (χ2n) is 7.59. The molecule has 0 aliphatic rings. The quantitative estimate of drug-likeness (QED) is 0.400. The van der Waals surface area contributed by atoms with Gasteiger partial charge in [0.15, 0.2) is 0 Å². The average molecular weight is 438 g/mol. The van der Waals surface area contributed by atoms with Crippen molar-refractivity contribution < 1.29 is 18.2 Å². The molecule has 1 rings (SSSR count). The third kappa shape index (κ3) is 9.13. The predicted octanol–water partition coefficient (Wildman–Crippen LogP) is 3.97. The molecule has 1 aromatic carbocycles. The van der Waals surface area contributed by atoms with Gasteiger partial charge in [0.25, 0.3) is 0 Å². The summed E-state index contributed by atoms with van der Waals surface area (Å²) in [5.41, 5.74) is -2.63. The molecule has 9 heteroatoms. The van der Waals surface area contributed by atoms with Gasteiger partial charge in [-0.25, -0.2) is 13.1 Å². The van der Waals surface area contributed by atoms with Crippen LogP contribution in [-0.4, -0.2) is 29.5 Å². The van der Waals surface area contributed by atoms with Crippen LogP contribution < -0.4 is 4.72 Å². The molecule has 0 spiro atoms. The lowest BCUT2D eigenvalue weighted by molar-refractivity contribution is 0.368. The van der Waals surface area contributed by atoms with Gasteiger partial charge in [-0.15, -0.1) is 0 Å². The molecule has 0 saturated heterocycles. The van der Waals surface area contributed by atoms with Gasteiger partial charge in [0.1, 0.15) is 0 Å². The minimum atomic E-state index is -3.54. The fourth-order valence-electron chi connectivity index (χ4n) is 2.16. The van der Waals surface area contributed by atoms with Crippen LogP contribution in [0.2, 0.25) is 0 Å². The summed E-state index contributed by atoms with van der Waals surface area (Å²) in [5.74, 6) is 0. The van der Waals surface area contributed by atoms with E-state index in [9.17, 15) is 18.2 Å². The van der Waals surface area contributed by atoms with Crippen LogP contribution in [-0.2, 0) is 21.8 Å². The Balaban J connectivity index is 2.67. The van der Waals surface area contributed by atoms with Gasteiger partial charge in [-0.05, 0) is 56.5 Å². The molecule has 0 aromatic heterocycles. The minimum Gasteiger partial charge on any atom is -0.338 e. The summed E-state index contributed by atoms with van der Waals surface area (Å²) in [5, 5.41) is 0. The fourth-order valence-corrected chi connectivity index (χ4v) is 7.92. The number of hydrogen-bond acceptors (Lipinski definition) is 4. The van der Waals surface area contributed by atoms with Crippen molar-refractivity contribution in [3.63, 3.8) is 0 Å². The third-order valence-corrected chi connectivity index (χ3v) is 8.67. The number of aryl methyl sites for hydroxylation is 1. The summed E-state index contributed by atoms with van der Waals surface area (Å²) in [7, 11) is -3.54. The van der Waals surface area contributed by atoms with Crippen LogP contribution in [0.4, 0.5) is 0 Å². The molecule has 0 aliphatic heterocycles. The molecule has 0 atom stereocenters. The molecule has 1 aromatic rings. The molecule has 5 nitrogen and oxygen atoms in total. The summed E-state index contributed by atoms with van der Waals surface area (Å²) in [6, 6.07) is 6.73. The van der Waals surface area contributed by atoms with Crippen molar-refractivity contribution in [1.29, 1.82) is 0 Å². The molecule has 0 bridgehead atoms. The predicted molar refractivity (Wildman–Crippen MR) is 114 cm³/mol. The number of benzene rings is 1. The SMILES string of the molecule is Cc1ccc(S(=O)(=O)NCC(C)(C)C/C=C/C(C)(C)SP(O)(O)=S)cc1. The smallest absolute Gasteiger partial charge is 0.242 e. The number of nitrogens with one attached hydrogen (secondary N) is 1. The minimum absolute atomic E-state index is 0.253. The first-order valence-corrected chi connectivity index (χ1v) is 13.7. The number of allylic oxidation sites excluding steroid dienone is 1. The van der Waals surface area contributed by atoms with E-state index in [0.717, 1.165) is 16.9 Å². The van der Waals surface area contributed by atoms with Crippen LogP contribution in [0, 0.1) is 12.3 Å². The molecular weight excluding hydrogens is 409 g/mol. The zero-order chi connectivity index (χ0) is 20.2. The maximum Gasteiger partial charge on any atom is 0.242 e. The largest absolute Gasteiger partial charge is 0.338 e. The lowest BCUT2D eigenvalue weighted by atomic mass is 9.89. The van der Waals surface area contributed by atoms with Crippen molar-refractivity contribution in [3.05, 3.63) is 42.0 Å². The van der Waals surface area contributed by atoms with Crippen molar-refractivity contribution in [3.8, 4) is 0 Å². The average Bonchev–Trinajstić information content (AvgIpc) is 2.43. The van der Waals surface area contributed by atoms with E-state index in [4.69, 9.17) is 0 Å². The van der Waals surface area contributed by atoms with Crippen LogP contribution >= 0.6 is 17.1 Å². The highest BCUT2D eigenvalue weighted by Crippen LogP contribution is 2.57. The van der Waals surface area contributed by atoms with Crippen LogP contribution in [0.15, 0.2) is 41.3 Å². The van der Waals surface area contributed by atoms with E-state index in [0.29, 0.717) is 13.0 Å². The monoisotopic (exact) mass is 437 g/mol. The van der Waals surface area contributed by atoms with E-state index in [2.05, 4.69) is 16.5 Å². The first kappa shape index (κ1) is 23.8. The number of sulfonamides is 1. The van der Waals surface area contributed by atoms with Gasteiger partial charge in [0, 0.05) is 11.3 Å². The Morgan fingerprint density at radius 2 is 1.73 bits per heavy atom. The second kappa shape index (κ2) is 8.86. The second-order valence-corrected chi connectivity index (χ2v) is 15.9. The van der Waals surface area contributed by atoms with Gasteiger partial charge in [-0.2, -0.15) is 0 Å². The first-order chi connectivity index (χ1) is 11.6. The highest BCUT2D eigenvalue weighted by Gasteiger charge is 2.25. The Morgan fingerprint density at radius 3 is 2.23 bits per heavy atom. The molecule has 0 saturated carbocycles. The maximum absolute atomic E-state index is 12.4. The van der Waals surface area contributed by atoms with Gasteiger partial charge >= 0.3 is 0 Å². The van der Waals surface area contributed by atoms with Crippen molar-refractivity contribution in [2.45, 2.75) is 50.7 Å². The highest BCUT2D eigenvalue weighted by atomic mass is 32.9. The molecular formula is C17H28NO4PS3. The van der Waals surface area contributed by atoms with Crippen molar-refractivity contribution in [2.24, 2.45) is 5.41 Å². The molecule has 0 aliphatic carbocycles. The standard InChI is InChI=1S/C17H28NO4PS3/c1-14-7-9-15(10-8-14)26(21,22)18-13-16(2,3)11-6-12-17(4,5)25-23(19,20)24/h6-10,12,18H,11,13H2,1-5H3,(H2,19,20,24)/b12-6+. The Morgan fingerprint density at radius 1 is 1.19 bits per heavy atom. The van der Waals surface area contributed by atoms with Gasteiger partial charge in [-0.1, -0.05) is 55.1 Å². The Kier molecular flexibility index (Phi) is 8.12. The lowest BCUT2D eigenvalue weighted by Gasteiger charge is -2.25. The van der Waals surface area contributed by atoms with Gasteiger partial charge in [0.05, 0.1) is 4.90 Å². The van der Waals surface area contributed by atoms with Crippen molar-refractivity contribution in [1.82, 2.24) is 4.72 Å². The summed E-state index contributed by atoms with van der Waals surface area (Å²) in [4.78, 5) is 19.1. The van der Waals surface area contributed by atoms with Crippen LogP contribution in [0.1, 0.15) is 39.7 Å². The zero-order valence-electron chi connectivity index (χ0n) is 15.8. The third-order valence-electron chi connectivity index (χ3n) is 3.62. The van der Waals surface area contributed by atoms with Gasteiger partial charge < -0.3 is 9.79 Å². The number of rotatable bonds is 9. The molecule has 148 valence electrons. The topological polar surface area (TPSA) is 86.6 Å². The van der Waals surface area contributed by atoms with E-state index in [-0.39, 0.29) is 10.3 Å². The summed E-state index contributed by atoms with van der Waals surface area (Å²) >= 11 is 5.63. The normalized spacial score (nSPS) is 14.1. The van der Waals surface area contributed by atoms with E-state index in [1.165, 1.54) is 0 Å². The maximum atomic E-state index is 12.4. The van der Waals surface area contributed by atoms with Crippen LogP contribution in [0.5, 0.6) is 0 Å². The summed E-state index contributed by atoms with van der Waals surface area (Å²) < 4.78 is 26.9. The van der Waals surface area contributed by atoms with Crippen molar-refractivity contribution >= 4 is 38.9 Å². The zero-order valence-corrected chi connectivity index (χ0v) is 19.1. The fraction of sp³-hybridized carbons (Fsp3) is 0.529. The molecule has 0 heterocycles. The van der Waals surface area contributed by atoms with E-state index in [1.54, 1.807) is 24.3 Å². The summed E-state index contributed by atoms with van der Waals surface area (Å²) in [6.07, 6.45) is 4.44. The lowest BCUT2D eigenvalue weighted by Crippen LogP contribution is -2.33. The van der Waals surface area contributed by atoms with Gasteiger partial charge in [-0.3, -0.25) is 0 Å². The van der Waals surface area contributed by atoms with E-state index >= 15 is 0 Å². The van der Waals surface area contributed by atoms with E-state index in [1.807, 2.05) is 46.8 Å². The van der Waals surface area contributed by atoms with Gasteiger partial charge in [0.2, 0.25) is 15.7 Å². The molecule has 0 radical (unpaired) electrons.